The molecule has 0 saturated heterocycles. The van der Waals surface area contributed by atoms with Crippen molar-refractivity contribution in [1.82, 2.24) is 5.32 Å². The molecule has 1 fully saturated rings. The molecular formula is C35H70NO11P. The lowest BCUT2D eigenvalue weighted by Crippen LogP contribution is -2.64. The Labute approximate surface area is 289 Å². The number of carbonyl (C=O) groups is 1. The highest BCUT2D eigenvalue weighted by atomic mass is 31.2. The highest BCUT2D eigenvalue weighted by Crippen LogP contribution is 2.47. The second kappa shape index (κ2) is 27.1. The lowest BCUT2D eigenvalue weighted by molar-refractivity contribution is -0.220. The molecule has 0 bridgehead atoms. The Bertz CT molecular complexity index is 837. The summed E-state index contributed by atoms with van der Waals surface area (Å²) >= 11 is 0. The minimum Gasteiger partial charge on any atom is -0.391 e. The summed E-state index contributed by atoms with van der Waals surface area (Å²) in [6, 6.07) is -1.02. The molecule has 9 atom stereocenters. The molecule has 0 aromatic carbocycles. The molecule has 0 radical (unpaired) electrons. The van der Waals surface area contributed by atoms with E-state index in [-0.39, 0.29) is 12.3 Å². The number of phosphoric acid groups is 1. The fourth-order valence-electron chi connectivity index (χ4n) is 6.20. The van der Waals surface area contributed by atoms with Crippen LogP contribution in [0.25, 0.3) is 0 Å². The van der Waals surface area contributed by atoms with Crippen LogP contribution >= 0.6 is 7.82 Å². The highest BCUT2D eigenvalue weighted by Gasteiger charge is 2.51. The van der Waals surface area contributed by atoms with Gasteiger partial charge in [-0.1, -0.05) is 142 Å². The van der Waals surface area contributed by atoms with Crippen molar-refractivity contribution in [3.05, 3.63) is 0 Å². The molecule has 1 rings (SSSR count). The molecule has 48 heavy (non-hydrogen) atoms. The molecule has 1 amide bonds. The summed E-state index contributed by atoms with van der Waals surface area (Å²) in [5, 5.41) is 63.6. The number of amides is 1. The van der Waals surface area contributed by atoms with Gasteiger partial charge in [0.1, 0.15) is 36.6 Å². The fraction of sp³-hybridized carbons (Fsp3) is 0.971. The Morgan fingerprint density at radius 3 is 1.44 bits per heavy atom. The van der Waals surface area contributed by atoms with Crippen LogP contribution < -0.4 is 5.32 Å². The van der Waals surface area contributed by atoms with Gasteiger partial charge in [-0.15, -0.1) is 0 Å². The van der Waals surface area contributed by atoms with Crippen molar-refractivity contribution in [2.45, 2.75) is 210 Å². The van der Waals surface area contributed by atoms with Crippen LogP contribution in [0, 0.1) is 0 Å². The molecule has 6 unspecified atom stereocenters. The smallest absolute Gasteiger partial charge is 0.391 e. The number of unbranched alkanes of at least 4 members (excludes halogenated alkanes) is 19. The fourth-order valence-corrected chi connectivity index (χ4v) is 7.17. The van der Waals surface area contributed by atoms with Crippen LogP contribution in [0.3, 0.4) is 0 Å². The average Bonchev–Trinajstić information content (AvgIpc) is 3.06. The van der Waals surface area contributed by atoms with Gasteiger partial charge in [-0.3, -0.25) is 13.8 Å². The number of hydrogen-bond donors (Lipinski definition) is 8. The van der Waals surface area contributed by atoms with Gasteiger partial charge < -0.3 is 40.8 Å². The molecule has 13 heteroatoms. The number of aliphatic hydroxyl groups is 6. The van der Waals surface area contributed by atoms with Crippen molar-refractivity contribution in [2.75, 3.05) is 6.61 Å². The van der Waals surface area contributed by atoms with Crippen LogP contribution in [0.5, 0.6) is 0 Å². The third-order valence-electron chi connectivity index (χ3n) is 9.42. The Morgan fingerprint density at radius 1 is 0.625 bits per heavy atom. The van der Waals surface area contributed by atoms with Crippen LogP contribution in [0.15, 0.2) is 0 Å². The van der Waals surface area contributed by atoms with E-state index in [4.69, 9.17) is 9.05 Å². The van der Waals surface area contributed by atoms with Crippen molar-refractivity contribution in [2.24, 2.45) is 0 Å². The first-order valence-corrected chi connectivity index (χ1v) is 20.5. The normalized spacial score (nSPS) is 25.4. The van der Waals surface area contributed by atoms with Gasteiger partial charge in [-0.05, 0) is 12.8 Å². The quantitative estimate of drug-likeness (QED) is 0.0361. The SMILES string of the molecule is CCCCCCCCCCCCCC(=O)N[C@@H](COP(=O)(O)OC1C(O)C(O)C(O)[C@@H](O)C1O)[C@H](O)CCCCCCCCCCCC. The molecule has 1 saturated carbocycles. The Balaban J connectivity index is 2.58. The number of nitrogens with one attached hydrogen (secondary N) is 1. The maximum absolute atomic E-state index is 12.8. The van der Waals surface area contributed by atoms with E-state index in [0.29, 0.717) is 19.3 Å². The van der Waals surface area contributed by atoms with Gasteiger partial charge in [0.15, 0.2) is 0 Å². The van der Waals surface area contributed by atoms with Gasteiger partial charge in [0.05, 0.1) is 18.8 Å². The molecule has 0 spiro atoms. The Morgan fingerprint density at radius 2 is 1.00 bits per heavy atom. The first-order valence-electron chi connectivity index (χ1n) is 19.0. The lowest BCUT2D eigenvalue weighted by Gasteiger charge is -2.41. The molecule has 0 aromatic rings. The molecule has 0 aliphatic heterocycles. The number of carbonyl (C=O) groups excluding carboxylic acids is 1. The van der Waals surface area contributed by atoms with Crippen molar-refractivity contribution in [3.63, 3.8) is 0 Å². The van der Waals surface area contributed by atoms with E-state index in [1.165, 1.54) is 83.5 Å². The van der Waals surface area contributed by atoms with Crippen LogP contribution in [0.4, 0.5) is 0 Å². The van der Waals surface area contributed by atoms with Crippen LogP contribution in [0.1, 0.15) is 162 Å². The molecule has 12 nitrogen and oxygen atoms in total. The number of phosphoric ester groups is 1. The van der Waals surface area contributed by atoms with Gasteiger partial charge in [-0.2, -0.15) is 0 Å². The monoisotopic (exact) mass is 711 g/mol. The molecule has 8 N–H and O–H groups in total. The Kier molecular flexibility index (Phi) is 25.6. The van der Waals surface area contributed by atoms with E-state index in [1.54, 1.807) is 0 Å². The molecule has 0 heterocycles. The highest BCUT2D eigenvalue weighted by molar-refractivity contribution is 7.47. The van der Waals surface area contributed by atoms with Gasteiger partial charge in [-0.25, -0.2) is 4.57 Å². The second-order valence-electron chi connectivity index (χ2n) is 13.8. The van der Waals surface area contributed by atoms with Gasteiger partial charge in [0.25, 0.3) is 0 Å². The number of hydrogen-bond acceptors (Lipinski definition) is 10. The third kappa shape index (κ3) is 19.7. The van der Waals surface area contributed by atoms with E-state index >= 15 is 0 Å². The van der Waals surface area contributed by atoms with Crippen molar-refractivity contribution in [3.8, 4) is 0 Å². The zero-order valence-electron chi connectivity index (χ0n) is 29.8. The molecule has 1 aliphatic carbocycles. The topological polar surface area (TPSA) is 206 Å². The third-order valence-corrected chi connectivity index (χ3v) is 10.4. The largest absolute Gasteiger partial charge is 0.472 e. The predicted octanol–water partition coefficient (Wildman–Crippen LogP) is 5.16. The van der Waals surface area contributed by atoms with Gasteiger partial charge >= 0.3 is 7.82 Å². The molecule has 1 aliphatic rings. The molecular weight excluding hydrogens is 641 g/mol. The lowest BCUT2D eigenvalue weighted by atomic mass is 9.85. The Hall–Kier alpha value is -0.660. The molecule has 286 valence electrons. The summed E-state index contributed by atoms with van der Waals surface area (Å²) < 4.78 is 22.8. The van der Waals surface area contributed by atoms with Gasteiger partial charge in [0.2, 0.25) is 5.91 Å². The maximum Gasteiger partial charge on any atom is 0.472 e. The standard InChI is InChI=1S/C35H70NO11P/c1-3-5-7-9-11-13-15-17-19-21-23-25-29(38)36-27(28(37)24-22-20-18-16-14-12-10-8-6-4-2)26-46-48(44,45)47-35-33(42)31(40)30(39)32(41)34(35)43/h27-28,30-35,37,39-43H,3-26H2,1-2H3,(H,36,38)(H,44,45)/t27-,28+,30?,31+,32?,33?,34?,35?/m0/s1. The van der Waals surface area contributed by atoms with Crippen molar-refractivity contribution >= 4 is 13.7 Å². The van der Waals surface area contributed by atoms with Crippen molar-refractivity contribution < 1.29 is 53.9 Å². The summed E-state index contributed by atoms with van der Waals surface area (Å²) in [4.78, 5) is 23.2. The van der Waals surface area contributed by atoms with E-state index in [0.717, 1.165) is 38.5 Å². The summed E-state index contributed by atoms with van der Waals surface area (Å²) in [5.41, 5.74) is 0. The summed E-state index contributed by atoms with van der Waals surface area (Å²) in [6.45, 7) is 3.82. The summed E-state index contributed by atoms with van der Waals surface area (Å²) in [5.74, 6) is -0.311. The van der Waals surface area contributed by atoms with Gasteiger partial charge in [0, 0.05) is 6.42 Å². The second-order valence-corrected chi connectivity index (χ2v) is 15.2. The average molecular weight is 712 g/mol. The predicted molar refractivity (Wildman–Crippen MR) is 186 cm³/mol. The van der Waals surface area contributed by atoms with Crippen LogP contribution in [-0.4, -0.2) is 96.8 Å². The first kappa shape index (κ1) is 45.4. The molecule has 0 aromatic heterocycles. The minimum atomic E-state index is -5.03. The summed E-state index contributed by atoms with van der Waals surface area (Å²) in [6.07, 6.45) is 11.6. The van der Waals surface area contributed by atoms with Crippen LogP contribution in [-0.2, 0) is 18.4 Å². The van der Waals surface area contributed by atoms with E-state index < -0.39 is 63.2 Å². The minimum absolute atomic E-state index is 0.240. The first-order chi connectivity index (χ1) is 22.9. The maximum atomic E-state index is 12.8. The van der Waals surface area contributed by atoms with E-state index in [2.05, 4.69) is 19.2 Å². The summed E-state index contributed by atoms with van der Waals surface area (Å²) in [7, 11) is -5.03. The zero-order valence-corrected chi connectivity index (χ0v) is 30.7. The van der Waals surface area contributed by atoms with E-state index in [9.17, 15) is 44.9 Å². The number of rotatable bonds is 30. The van der Waals surface area contributed by atoms with E-state index in [1.807, 2.05) is 0 Å². The van der Waals surface area contributed by atoms with Crippen molar-refractivity contribution in [1.29, 1.82) is 0 Å². The van der Waals surface area contributed by atoms with Crippen LogP contribution in [0.2, 0.25) is 0 Å². The number of aliphatic hydroxyl groups excluding tert-OH is 6. The zero-order chi connectivity index (χ0) is 35.8.